The number of hydrogen-bond donors (Lipinski definition) is 2. The largest absolute Gasteiger partial charge is 0.349 e. The van der Waals surface area contributed by atoms with E-state index in [2.05, 4.69) is 39.1 Å². The maximum absolute atomic E-state index is 13.1. The number of likely N-dealkylation sites (tertiary alicyclic amines) is 1. The van der Waals surface area contributed by atoms with E-state index in [4.69, 9.17) is 0 Å². The second-order valence-corrected chi connectivity index (χ2v) is 6.89. The molecule has 0 aromatic carbocycles. The van der Waals surface area contributed by atoms with Gasteiger partial charge in [-0.1, -0.05) is 19.9 Å². The first-order valence-corrected chi connectivity index (χ1v) is 8.92. The Morgan fingerprint density at radius 2 is 2.12 bits per heavy atom. The fourth-order valence-corrected chi connectivity index (χ4v) is 3.54. The average molecular weight is 350 g/mol. The molecule has 0 spiro atoms. The molecule has 1 aliphatic rings. The molecule has 7 nitrogen and oxygen atoms in total. The number of nitrogens with one attached hydrogen (secondary N) is 2. The highest BCUT2D eigenvalue weighted by atomic mass is 16.2. The highest BCUT2D eigenvalue weighted by molar-refractivity contribution is 5.93. The van der Waals surface area contributed by atoms with Crippen LogP contribution in [0, 0.1) is 11.8 Å². The third-order valence-corrected chi connectivity index (χ3v) is 5.34. The molecule has 7 heteroatoms. The van der Waals surface area contributed by atoms with Crippen LogP contribution < -0.4 is 5.32 Å². The number of nitrogens with zero attached hydrogens (tertiary/aromatic N) is 4. The van der Waals surface area contributed by atoms with Gasteiger partial charge in [-0.05, 0) is 36.5 Å². The number of hydrogen-bond acceptors (Lipinski definition) is 5. The van der Waals surface area contributed by atoms with Crippen molar-refractivity contribution in [3.8, 4) is 0 Å². The number of fused-ring (bicyclic) bond motifs is 1. The number of H-pyrrole nitrogens is 1. The van der Waals surface area contributed by atoms with Crippen LogP contribution in [-0.2, 0) is 0 Å². The standard InChI is InChI=1S/C19H22N6O/c1-12-7-10-25(19(26)15-5-3-4-8-20-15)18(13(12)2)24-17-14-6-9-21-16(14)22-11-23-17/h3-6,8-9,11-13,18H,7,10H2,1-2H3,(H2,21,22,23,24). The SMILES string of the molecule is CC1CCN(C(=O)c2ccccn2)C(Nc2ncnc3[nH]ccc23)C1C. The summed E-state index contributed by atoms with van der Waals surface area (Å²) in [4.78, 5) is 30.9. The Bertz CT molecular complexity index is 909. The van der Waals surface area contributed by atoms with E-state index in [-0.39, 0.29) is 18.0 Å². The predicted octanol–water partition coefficient (Wildman–Crippen LogP) is 2.91. The maximum atomic E-state index is 13.1. The minimum Gasteiger partial charge on any atom is -0.349 e. The highest BCUT2D eigenvalue weighted by Gasteiger charge is 2.37. The van der Waals surface area contributed by atoms with Crippen LogP contribution in [0.15, 0.2) is 43.0 Å². The van der Waals surface area contributed by atoms with Crippen LogP contribution >= 0.6 is 0 Å². The molecule has 0 aliphatic carbocycles. The molecule has 0 bridgehead atoms. The van der Waals surface area contributed by atoms with Crippen molar-refractivity contribution in [3.05, 3.63) is 48.7 Å². The fourth-order valence-electron chi connectivity index (χ4n) is 3.54. The Labute approximate surface area is 151 Å². The summed E-state index contributed by atoms with van der Waals surface area (Å²) < 4.78 is 0. The van der Waals surface area contributed by atoms with Crippen molar-refractivity contribution in [2.45, 2.75) is 26.4 Å². The van der Waals surface area contributed by atoms with Crippen molar-refractivity contribution < 1.29 is 4.79 Å². The van der Waals surface area contributed by atoms with Gasteiger partial charge in [0.1, 0.15) is 29.7 Å². The van der Waals surface area contributed by atoms with E-state index >= 15 is 0 Å². The predicted molar refractivity (Wildman–Crippen MR) is 99.5 cm³/mol. The summed E-state index contributed by atoms with van der Waals surface area (Å²) >= 11 is 0. The molecule has 1 fully saturated rings. The number of aromatic amines is 1. The normalized spacial score (nSPS) is 23.2. The van der Waals surface area contributed by atoms with Crippen molar-refractivity contribution in [1.29, 1.82) is 0 Å². The molecule has 3 atom stereocenters. The summed E-state index contributed by atoms with van der Waals surface area (Å²) in [5, 5.41) is 4.42. The van der Waals surface area contributed by atoms with Crippen molar-refractivity contribution in [2.24, 2.45) is 11.8 Å². The van der Waals surface area contributed by atoms with Gasteiger partial charge in [-0.2, -0.15) is 0 Å². The first-order valence-electron chi connectivity index (χ1n) is 8.92. The van der Waals surface area contributed by atoms with Crippen molar-refractivity contribution in [3.63, 3.8) is 0 Å². The molecule has 3 aromatic rings. The molecule has 1 amide bonds. The first kappa shape index (κ1) is 16.5. The molecule has 134 valence electrons. The summed E-state index contributed by atoms with van der Waals surface area (Å²) in [6.45, 7) is 5.10. The third kappa shape index (κ3) is 2.89. The van der Waals surface area contributed by atoms with Crippen LogP contribution in [-0.4, -0.2) is 43.5 Å². The molecular formula is C19H22N6O. The van der Waals surface area contributed by atoms with Gasteiger partial charge in [0.05, 0.1) is 5.39 Å². The number of anilines is 1. The molecule has 0 radical (unpaired) electrons. The Balaban J connectivity index is 1.67. The number of rotatable bonds is 3. The summed E-state index contributed by atoms with van der Waals surface area (Å²) in [5.74, 6) is 1.46. The van der Waals surface area contributed by atoms with Gasteiger partial charge in [-0.3, -0.25) is 9.78 Å². The highest BCUT2D eigenvalue weighted by Crippen LogP contribution is 2.31. The maximum Gasteiger partial charge on any atom is 0.274 e. The second kappa shape index (κ2) is 6.74. The molecule has 2 N–H and O–H groups in total. The molecule has 1 aliphatic heterocycles. The zero-order valence-electron chi connectivity index (χ0n) is 14.9. The molecule has 26 heavy (non-hydrogen) atoms. The minimum atomic E-state index is -0.152. The molecule has 1 saturated heterocycles. The molecule has 4 heterocycles. The van der Waals surface area contributed by atoms with Gasteiger partial charge in [-0.15, -0.1) is 0 Å². The van der Waals surface area contributed by atoms with Gasteiger partial charge in [0.2, 0.25) is 0 Å². The van der Waals surface area contributed by atoms with Gasteiger partial charge in [0.15, 0.2) is 0 Å². The van der Waals surface area contributed by atoms with Gasteiger partial charge in [0.25, 0.3) is 5.91 Å². The topological polar surface area (TPSA) is 86.8 Å². The zero-order valence-corrected chi connectivity index (χ0v) is 14.9. The van der Waals surface area contributed by atoms with Crippen molar-refractivity contribution in [2.75, 3.05) is 11.9 Å². The molecule has 4 rings (SSSR count). The number of piperidine rings is 1. The van der Waals surface area contributed by atoms with E-state index in [0.29, 0.717) is 18.2 Å². The Kier molecular flexibility index (Phi) is 4.28. The number of carbonyl (C=O) groups excluding carboxylic acids is 1. The summed E-state index contributed by atoms with van der Waals surface area (Å²) in [6, 6.07) is 7.36. The van der Waals surface area contributed by atoms with Crippen LogP contribution in [0.3, 0.4) is 0 Å². The van der Waals surface area contributed by atoms with E-state index < -0.39 is 0 Å². The summed E-state index contributed by atoms with van der Waals surface area (Å²) in [7, 11) is 0. The van der Waals surface area contributed by atoms with Gasteiger partial charge in [-0.25, -0.2) is 9.97 Å². The molecular weight excluding hydrogens is 328 g/mol. The quantitative estimate of drug-likeness (QED) is 0.758. The van der Waals surface area contributed by atoms with E-state index in [1.807, 2.05) is 29.3 Å². The Morgan fingerprint density at radius 1 is 1.23 bits per heavy atom. The number of pyridine rings is 1. The summed E-state index contributed by atoms with van der Waals surface area (Å²) in [5.41, 5.74) is 1.25. The van der Waals surface area contributed by atoms with E-state index in [9.17, 15) is 4.79 Å². The molecule has 0 saturated carbocycles. The van der Waals surface area contributed by atoms with E-state index in [0.717, 1.165) is 23.3 Å². The van der Waals surface area contributed by atoms with Crippen LogP contribution in [0.1, 0.15) is 30.8 Å². The third-order valence-electron chi connectivity index (χ3n) is 5.34. The lowest BCUT2D eigenvalue weighted by atomic mass is 9.85. The van der Waals surface area contributed by atoms with Gasteiger partial charge >= 0.3 is 0 Å². The second-order valence-electron chi connectivity index (χ2n) is 6.89. The van der Waals surface area contributed by atoms with Gasteiger partial charge < -0.3 is 15.2 Å². The van der Waals surface area contributed by atoms with Gasteiger partial charge in [0, 0.05) is 18.9 Å². The Morgan fingerprint density at radius 3 is 2.92 bits per heavy atom. The lowest BCUT2D eigenvalue weighted by molar-refractivity contribution is 0.0461. The molecule has 3 aromatic heterocycles. The average Bonchev–Trinajstić information content (AvgIpc) is 3.15. The van der Waals surface area contributed by atoms with E-state index in [1.54, 1.807) is 12.3 Å². The molecule has 3 unspecified atom stereocenters. The van der Waals surface area contributed by atoms with Crippen LogP contribution in [0.4, 0.5) is 5.82 Å². The number of amides is 1. The van der Waals surface area contributed by atoms with Crippen molar-refractivity contribution in [1.82, 2.24) is 24.8 Å². The first-order chi connectivity index (χ1) is 12.6. The van der Waals surface area contributed by atoms with Crippen LogP contribution in [0.25, 0.3) is 11.0 Å². The van der Waals surface area contributed by atoms with Crippen LogP contribution in [0.2, 0.25) is 0 Å². The van der Waals surface area contributed by atoms with E-state index in [1.165, 1.54) is 6.33 Å². The van der Waals surface area contributed by atoms with Crippen LogP contribution in [0.5, 0.6) is 0 Å². The summed E-state index contributed by atoms with van der Waals surface area (Å²) in [6.07, 6.45) is 5.85. The number of carbonyl (C=O) groups is 1. The fraction of sp³-hybridized carbons (Fsp3) is 0.368. The minimum absolute atomic E-state index is 0.0544. The lowest BCUT2D eigenvalue weighted by Gasteiger charge is -2.43. The Hall–Kier alpha value is -2.96. The monoisotopic (exact) mass is 350 g/mol. The number of aromatic nitrogens is 4. The zero-order chi connectivity index (χ0) is 18.1. The van der Waals surface area contributed by atoms with Crippen molar-refractivity contribution >= 4 is 22.8 Å². The lowest BCUT2D eigenvalue weighted by Crippen LogP contribution is -2.54. The smallest absolute Gasteiger partial charge is 0.274 e.